The van der Waals surface area contributed by atoms with Crippen molar-refractivity contribution in [3.8, 4) is 0 Å². The van der Waals surface area contributed by atoms with Gasteiger partial charge in [-0.15, -0.1) is 7.92 Å². The maximum Gasteiger partial charge on any atom is 0.0365 e. The van der Waals surface area contributed by atoms with E-state index < -0.39 is 7.92 Å². The summed E-state index contributed by atoms with van der Waals surface area (Å²) in [5.41, 5.74) is 2.98. The van der Waals surface area contributed by atoms with E-state index in [0.717, 1.165) is 24.0 Å². The summed E-state index contributed by atoms with van der Waals surface area (Å²) < 4.78 is 0. The molecule has 0 aliphatic rings. The van der Waals surface area contributed by atoms with Crippen LogP contribution in [-0.2, 0) is 0 Å². The van der Waals surface area contributed by atoms with Crippen molar-refractivity contribution in [2.75, 3.05) is 18.9 Å². The molecule has 3 heteroatoms. The summed E-state index contributed by atoms with van der Waals surface area (Å²) in [6.45, 7) is 10.7. The van der Waals surface area contributed by atoms with Gasteiger partial charge in [0.1, 0.15) is 0 Å². The summed E-state index contributed by atoms with van der Waals surface area (Å²) >= 11 is 0. The number of nitrogens with one attached hydrogen (secondary N) is 1. The molecule has 0 radical (unpaired) electrons. The first-order valence-electron chi connectivity index (χ1n) is 11.5. The maximum absolute atomic E-state index is 3.98. The maximum atomic E-state index is 3.98. The summed E-state index contributed by atoms with van der Waals surface area (Å²) in [5.74, 6) is 0. The molecule has 0 heterocycles. The van der Waals surface area contributed by atoms with Gasteiger partial charge < -0.3 is 5.32 Å². The van der Waals surface area contributed by atoms with E-state index in [9.17, 15) is 0 Å². The lowest BCUT2D eigenvalue weighted by Crippen LogP contribution is -2.30. The monoisotopic (exact) mass is 449 g/mol. The Morgan fingerprint density at radius 1 is 0.645 bits per heavy atom. The zero-order valence-electron chi connectivity index (χ0n) is 19.4. The lowest BCUT2D eigenvalue weighted by molar-refractivity contribution is 0.605. The topological polar surface area (TPSA) is 12.0 Å². The lowest BCUT2D eigenvalue weighted by Gasteiger charge is -2.29. The number of hydrogen-bond donors (Lipinski definition) is 1. The van der Waals surface area contributed by atoms with Crippen LogP contribution in [0.3, 0.4) is 0 Å². The van der Waals surface area contributed by atoms with Gasteiger partial charge >= 0.3 is 0 Å². The summed E-state index contributed by atoms with van der Waals surface area (Å²) in [7, 11) is -0.371. The molecule has 3 rings (SSSR count). The molecule has 0 fully saturated rings. The standard InChI is InChI=1S/C28H37NP2/c1-23(2)30(24(3)4)21-20-29-28(25-14-8-5-9-15-25)22-31(26-16-10-6-11-17-26)27-18-12-7-13-19-27/h5-19,23-24,28-29H,20-22H2,1-4H3/t28-/m1/s1. The van der Waals surface area contributed by atoms with Gasteiger partial charge in [-0.1, -0.05) is 119 Å². The van der Waals surface area contributed by atoms with E-state index in [1.807, 2.05) is 0 Å². The first kappa shape index (κ1) is 24.1. The van der Waals surface area contributed by atoms with Crippen molar-refractivity contribution in [1.29, 1.82) is 0 Å². The van der Waals surface area contributed by atoms with Gasteiger partial charge in [0.2, 0.25) is 0 Å². The largest absolute Gasteiger partial charge is 0.309 e. The Morgan fingerprint density at radius 3 is 1.55 bits per heavy atom. The van der Waals surface area contributed by atoms with Crippen LogP contribution < -0.4 is 15.9 Å². The predicted molar refractivity (Wildman–Crippen MR) is 143 cm³/mol. The average molecular weight is 450 g/mol. The van der Waals surface area contributed by atoms with Gasteiger partial charge in [0.15, 0.2) is 0 Å². The molecular formula is C28H37NP2. The van der Waals surface area contributed by atoms with Crippen LogP contribution in [-0.4, -0.2) is 30.2 Å². The van der Waals surface area contributed by atoms with Gasteiger partial charge in [0.05, 0.1) is 0 Å². The molecule has 0 spiro atoms. The third-order valence-corrected chi connectivity index (χ3v) is 11.8. The van der Waals surface area contributed by atoms with Crippen LogP contribution in [0.2, 0.25) is 0 Å². The smallest absolute Gasteiger partial charge is 0.0365 e. The fourth-order valence-electron chi connectivity index (χ4n) is 4.21. The van der Waals surface area contributed by atoms with Gasteiger partial charge in [0.25, 0.3) is 0 Å². The highest BCUT2D eigenvalue weighted by Crippen LogP contribution is 2.45. The molecule has 0 aliphatic carbocycles. The van der Waals surface area contributed by atoms with Gasteiger partial charge in [-0.05, 0) is 54.3 Å². The molecule has 164 valence electrons. The van der Waals surface area contributed by atoms with E-state index in [0.29, 0.717) is 6.04 Å². The average Bonchev–Trinajstić information content (AvgIpc) is 2.80. The molecule has 1 atom stereocenters. The highest BCUT2D eigenvalue weighted by molar-refractivity contribution is 7.73. The zero-order valence-corrected chi connectivity index (χ0v) is 21.2. The van der Waals surface area contributed by atoms with Gasteiger partial charge in [-0.2, -0.15) is 0 Å². The first-order valence-corrected chi connectivity index (χ1v) is 14.7. The highest BCUT2D eigenvalue weighted by atomic mass is 31.1. The SMILES string of the molecule is CC(C)P(CCN[C@H](CP(c1ccccc1)c1ccccc1)c1ccccc1)C(C)C. The van der Waals surface area contributed by atoms with E-state index in [-0.39, 0.29) is 7.92 Å². The molecule has 0 aliphatic heterocycles. The molecule has 3 aromatic rings. The van der Waals surface area contributed by atoms with E-state index in [2.05, 4.69) is 124 Å². The van der Waals surface area contributed by atoms with Crippen molar-refractivity contribution in [3.05, 3.63) is 96.6 Å². The van der Waals surface area contributed by atoms with Gasteiger partial charge in [-0.25, -0.2) is 0 Å². The van der Waals surface area contributed by atoms with Crippen molar-refractivity contribution >= 4 is 26.5 Å². The number of benzene rings is 3. The van der Waals surface area contributed by atoms with Crippen molar-refractivity contribution in [2.45, 2.75) is 45.1 Å². The minimum absolute atomic E-state index is 0.0566. The molecule has 31 heavy (non-hydrogen) atoms. The zero-order chi connectivity index (χ0) is 22.1. The molecule has 0 aromatic heterocycles. The van der Waals surface area contributed by atoms with Crippen LogP contribution >= 0.6 is 15.8 Å². The molecule has 1 nitrogen and oxygen atoms in total. The lowest BCUT2D eigenvalue weighted by atomic mass is 10.1. The summed E-state index contributed by atoms with van der Waals surface area (Å²) in [6.07, 6.45) is 2.41. The molecule has 0 saturated carbocycles. The van der Waals surface area contributed by atoms with Crippen LogP contribution in [0, 0.1) is 0 Å². The van der Waals surface area contributed by atoms with Crippen molar-refractivity contribution in [3.63, 3.8) is 0 Å². The highest BCUT2D eigenvalue weighted by Gasteiger charge is 2.22. The number of hydrogen-bond acceptors (Lipinski definition) is 1. The summed E-state index contributed by atoms with van der Waals surface area (Å²) in [5, 5.41) is 6.89. The summed E-state index contributed by atoms with van der Waals surface area (Å²) in [6, 6.07) is 33.6. The fraction of sp³-hybridized carbons (Fsp3) is 0.357. The van der Waals surface area contributed by atoms with E-state index in [1.165, 1.54) is 22.3 Å². The van der Waals surface area contributed by atoms with E-state index in [4.69, 9.17) is 0 Å². The normalized spacial score (nSPS) is 12.8. The fourth-order valence-corrected chi connectivity index (χ4v) is 9.31. The predicted octanol–water partition coefficient (Wildman–Crippen LogP) is 6.75. The Labute approximate surface area is 192 Å². The molecule has 0 unspecified atom stereocenters. The third kappa shape index (κ3) is 7.25. The minimum Gasteiger partial charge on any atom is -0.309 e. The Kier molecular flexibility index (Phi) is 9.73. The Balaban J connectivity index is 1.82. The number of rotatable bonds is 11. The van der Waals surface area contributed by atoms with Crippen molar-refractivity contribution in [1.82, 2.24) is 5.32 Å². The van der Waals surface area contributed by atoms with Crippen LogP contribution in [0.1, 0.15) is 39.3 Å². The molecule has 3 aromatic carbocycles. The van der Waals surface area contributed by atoms with Crippen LogP contribution in [0.15, 0.2) is 91.0 Å². The van der Waals surface area contributed by atoms with Crippen molar-refractivity contribution in [2.24, 2.45) is 0 Å². The molecule has 0 amide bonds. The molecular weight excluding hydrogens is 412 g/mol. The Bertz CT molecular complexity index is 818. The third-order valence-electron chi connectivity index (χ3n) is 5.79. The second kappa shape index (κ2) is 12.5. The molecule has 0 saturated heterocycles. The van der Waals surface area contributed by atoms with E-state index >= 15 is 0 Å². The Hall–Kier alpha value is -1.52. The van der Waals surface area contributed by atoms with Crippen LogP contribution in [0.5, 0.6) is 0 Å². The van der Waals surface area contributed by atoms with Gasteiger partial charge in [0, 0.05) is 6.04 Å². The summed E-state index contributed by atoms with van der Waals surface area (Å²) in [4.78, 5) is 0. The molecule has 1 N–H and O–H groups in total. The second-order valence-electron chi connectivity index (χ2n) is 8.62. The van der Waals surface area contributed by atoms with Gasteiger partial charge in [-0.3, -0.25) is 0 Å². The van der Waals surface area contributed by atoms with Crippen LogP contribution in [0.25, 0.3) is 0 Å². The Morgan fingerprint density at radius 2 is 1.10 bits per heavy atom. The van der Waals surface area contributed by atoms with E-state index in [1.54, 1.807) is 0 Å². The van der Waals surface area contributed by atoms with Crippen molar-refractivity contribution < 1.29 is 0 Å². The minimum atomic E-state index is -0.428. The quantitative estimate of drug-likeness (QED) is 0.319. The second-order valence-corrected chi connectivity index (χ2v) is 14.4. The molecule has 0 bridgehead atoms. The van der Waals surface area contributed by atoms with Crippen LogP contribution in [0.4, 0.5) is 0 Å². The first-order chi connectivity index (χ1) is 15.1.